The maximum Gasteiger partial charge on any atom is 0.162 e. The highest BCUT2D eigenvalue weighted by Crippen LogP contribution is 2.43. The highest BCUT2D eigenvalue weighted by molar-refractivity contribution is 6.25. The third-order valence-corrected chi connectivity index (χ3v) is 10.1. The molecule has 0 N–H and O–H groups in total. The predicted molar refractivity (Wildman–Crippen MR) is 205 cm³/mol. The molecule has 0 aliphatic carbocycles. The summed E-state index contributed by atoms with van der Waals surface area (Å²) in [6.07, 6.45) is 2.01. The summed E-state index contributed by atoms with van der Waals surface area (Å²) in [5.74, 6) is 0.700. The van der Waals surface area contributed by atoms with Crippen molar-refractivity contribution < 1.29 is 0 Å². The van der Waals surface area contributed by atoms with Crippen LogP contribution in [-0.4, -0.2) is 23.8 Å². The smallest absolute Gasteiger partial charge is 0.162 e. The first-order valence-electron chi connectivity index (χ1n) is 16.9. The molecule has 0 radical (unpaired) electrons. The minimum absolute atomic E-state index is 0.700. The van der Waals surface area contributed by atoms with Crippen LogP contribution in [0.1, 0.15) is 0 Å². The van der Waals surface area contributed by atoms with Crippen LogP contribution in [0.3, 0.4) is 0 Å². The molecule has 5 heteroatoms. The molecule has 50 heavy (non-hydrogen) atoms. The average Bonchev–Trinajstić information content (AvgIpc) is 3.71. The van der Waals surface area contributed by atoms with Crippen LogP contribution >= 0.6 is 0 Å². The molecule has 0 fully saturated rings. The number of aromatic nitrogens is 5. The van der Waals surface area contributed by atoms with Crippen molar-refractivity contribution >= 4 is 54.8 Å². The Bertz CT molecular complexity index is 3010. The molecule has 232 valence electrons. The van der Waals surface area contributed by atoms with Crippen LogP contribution in [0.2, 0.25) is 0 Å². The SMILES string of the molecule is c1ccc(-c2cnc3c(c2)n2c4ccc(-c5nc(-c6ccccc6)cc(-c6ccccc6)n5)cc4c4ccc5c6ccccc6n3c5c42)cc1. The molecule has 5 heterocycles. The minimum atomic E-state index is 0.700. The van der Waals surface area contributed by atoms with Crippen LogP contribution in [0.5, 0.6) is 0 Å². The summed E-state index contributed by atoms with van der Waals surface area (Å²) in [7, 11) is 0. The fourth-order valence-corrected chi connectivity index (χ4v) is 7.82. The molecule has 0 unspecified atom stereocenters. The molecule has 0 saturated carbocycles. The van der Waals surface area contributed by atoms with E-state index >= 15 is 0 Å². The number of benzene rings is 6. The standard InChI is InChI=1S/C45H27N5/c1-4-12-28(13-5-1)32-25-41-45(46-27-32)50-39-19-11-10-18-33(39)34-21-22-35-36-24-31(20-23-40(36)49(41)42(35)43(34)50)44-47-37(29-14-6-2-7-15-29)26-38(48-44)30-16-8-3-9-17-30/h1-27H. The zero-order valence-electron chi connectivity index (χ0n) is 26.8. The van der Waals surface area contributed by atoms with E-state index in [0.717, 1.165) is 66.8 Å². The average molecular weight is 638 g/mol. The van der Waals surface area contributed by atoms with Crippen molar-refractivity contribution in [1.82, 2.24) is 23.8 Å². The van der Waals surface area contributed by atoms with E-state index in [9.17, 15) is 0 Å². The van der Waals surface area contributed by atoms with Gasteiger partial charge in [0.25, 0.3) is 0 Å². The molecule has 11 rings (SSSR count). The number of hydrogen-bond donors (Lipinski definition) is 0. The third kappa shape index (κ3) is 3.86. The highest BCUT2D eigenvalue weighted by atomic mass is 15.1. The molecule has 5 nitrogen and oxygen atoms in total. The van der Waals surface area contributed by atoms with Crippen LogP contribution in [0, 0.1) is 0 Å². The van der Waals surface area contributed by atoms with Gasteiger partial charge in [0.1, 0.15) is 0 Å². The predicted octanol–water partition coefficient (Wildman–Crippen LogP) is 11.1. The van der Waals surface area contributed by atoms with Gasteiger partial charge in [-0.05, 0) is 42.0 Å². The Kier molecular flexibility index (Phi) is 5.60. The Balaban J connectivity index is 1.23. The van der Waals surface area contributed by atoms with Gasteiger partial charge in [0, 0.05) is 50.0 Å². The monoisotopic (exact) mass is 637 g/mol. The molecule has 0 amide bonds. The Hall–Kier alpha value is -6.85. The summed E-state index contributed by atoms with van der Waals surface area (Å²) in [4.78, 5) is 15.5. The van der Waals surface area contributed by atoms with Gasteiger partial charge in [-0.3, -0.25) is 4.40 Å². The van der Waals surface area contributed by atoms with Gasteiger partial charge in [-0.15, -0.1) is 0 Å². The molecule has 0 saturated heterocycles. The maximum atomic E-state index is 5.18. The minimum Gasteiger partial charge on any atom is -0.304 e. The Morgan fingerprint density at radius 3 is 1.64 bits per heavy atom. The molecule has 0 bridgehead atoms. The van der Waals surface area contributed by atoms with E-state index in [1.807, 2.05) is 18.3 Å². The Morgan fingerprint density at radius 1 is 0.360 bits per heavy atom. The summed E-state index contributed by atoms with van der Waals surface area (Å²) in [5.41, 5.74) is 13.8. The van der Waals surface area contributed by atoms with E-state index in [2.05, 4.69) is 154 Å². The lowest BCUT2D eigenvalue weighted by atomic mass is 10.0. The van der Waals surface area contributed by atoms with E-state index < -0.39 is 0 Å². The van der Waals surface area contributed by atoms with Gasteiger partial charge < -0.3 is 4.40 Å². The van der Waals surface area contributed by atoms with Crippen LogP contribution < -0.4 is 0 Å². The first kappa shape index (κ1) is 27.1. The van der Waals surface area contributed by atoms with Crippen LogP contribution in [0.4, 0.5) is 0 Å². The van der Waals surface area contributed by atoms with Crippen LogP contribution in [0.15, 0.2) is 164 Å². The van der Waals surface area contributed by atoms with Crippen molar-refractivity contribution in [2.75, 3.05) is 0 Å². The summed E-state index contributed by atoms with van der Waals surface area (Å²) in [6.45, 7) is 0. The Labute approximate surface area is 286 Å². The molecule has 5 aromatic heterocycles. The van der Waals surface area contributed by atoms with Gasteiger partial charge in [0.15, 0.2) is 11.5 Å². The number of rotatable bonds is 4. The largest absolute Gasteiger partial charge is 0.304 e. The summed E-state index contributed by atoms with van der Waals surface area (Å²) >= 11 is 0. The molecule has 0 aliphatic rings. The summed E-state index contributed by atoms with van der Waals surface area (Å²) in [6, 6.07) is 55.5. The lowest BCUT2D eigenvalue weighted by molar-refractivity contribution is 1.18. The molecular weight excluding hydrogens is 611 g/mol. The van der Waals surface area contributed by atoms with Crippen molar-refractivity contribution in [2.45, 2.75) is 0 Å². The molecular formula is C45H27N5. The first-order valence-corrected chi connectivity index (χ1v) is 16.9. The molecule has 0 aliphatic heterocycles. The van der Waals surface area contributed by atoms with E-state index in [-0.39, 0.29) is 0 Å². The molecule has 0 atom stereocenters. The summed E-state index contributed by atoms with van der Waals surface area (Å²) < 4.78 is 4.77. The zero-order valence-corrected chi connectivity index (χ0v) is 26.8. The first-order chi connectivity index (χ1) is 24.8. The van der Waals surface area contributed by atoms with Crippen LogP contribution in [0.25, 0.3) is 99.8 Å². The number of para-hydroxylation sites is 1. The zero-order chi connectivity index (χ0) is 32.8. The fourth-order valence-electron chi connectivity index (χ4n) is 7.82. The van der Waals surface area contributed by atoms with E-state index in [0.29, 0.717) is 5.82 Å². The number of pyridine rings is 1. The Morgan fingerprint density at radius 2 is 0.940 bits per heavy atom. The number of fused-ring (bicyclic) bond motifs is 9. The van der Waals surface area contributed by atoms with E-state index in [1.165, 1.54) is 27.2 Å². The molecule has 6 aromatic carbocycles. The lowest BCUT2D eigenvalue weighted by Gasteiger charge is -2.12. The van der Waals surface area contributed by atoms with Crippen LogP contribution in [-0.2, 0) is 0 Å². The normalized spacial score (nSPS) is 12.0. The van der Waals surface area contributed by atoms with Gasteiger partial charge >= 0.3 is 0 Å². The molecule has 0 spiro atoms. The van der Waals surface area contributed by atoms with Gasteiger partial charge in [-0.25, -0.2) is 15.0 Å². The highest BCUT2D eigenvalue weighted by Gasteiger charge is 2.23. The van der Waals surface area contributed by atoms with E-state index in [1.54, 1.807) is 0 Å². The van der Waals surface area contributed by atoms with Gasteiger partial charge in [-0.1, -0.05) is 121 Å². The van der Waals surface area contributed by atoms with Gasteiger partial charge in [0.2, 0.25) is 0 Å². The molecule has 11 aromatic rings. The fraction of sp³-hybridized carbons (Fsp3) is 0. The third-order valence-electron chi connectivity index (χ3n) is 10.1. The van der Waals surface area contributed by atoms with Crippen molar-refractivity contribution in [3.63, 3.8) is 0 Å². The number of nitrogens with zero attached hydrogens (tertiary/aromatic N) is 5. The summed E-state index contributed by atoms with van der Waals surface area (Å²) in [5, 5.41) is 4.80. The lowest BCUT2D eigenvalue weighted by Crippen LogP contribution is -2.00. The second-order valence-electron chi connectivity index (χ2n) is 12.9. The van der Waals surface area contributed by atoms with Crippen molar-refractivity contribution in [3.05, 3.63) is 164 Å². The second-order valence-corrected chi connectivity index (χ2v) is 12.9. The van der Waals surface area contributed by atoms with Gasteiger partial charge in [0.05, 0.1) is 39.0 Å². The quantitative estimate of drug-likeness (QED) is 0.180. The van der Waals surface area contributed by atoms with Crippen molar-refractivity contribution in [1.29, 1.82) is 0 Å². The van der Waals surface area contributed by atoms with E-state index in [4.69, 9.17) is 15.0 Å². The van der Waals surface area contributed by atoms with Crippen molar-refractivity contribution in [2.24, 2.45) is 0 Å². The second kappa shape index (κ2) is 10.3. The maximum absolute atomic E-state index is 5.18. The number of hydrogen-bond acceptors (Lipinski definition) is 3. The topological polar surface area (TPSA) is 47.5 Å². The van der Waals surface area contributed by atoms with Crippen molar-refractivity contribution in [3.8, 4) is 45.0 Å². The van der Waals surface area contributed by atoms with Gasteiger partial charge in [-0.2, -0.15) is 0 Å².